The van der Waals surface area contributed by atoms with E-state index in [1.54, 1.807) is 32.9 Å². The standard InChI is InChI=1S/C32H48N4O8/c1-32(2,3)44-31(42)36-24(19-22-14-8-5-9-15-22)28(39)35-25-20-33-26(37)16-10-11-17-43-30(41)27(38)23(34-29(25)40)18-21-12-6-4-7-13-21/h5,8-9,14-15,21,23-25,27,38H,4,6-7,10-13,16-20H2,1-3H3,(H,33,37)(H,34,40)(H,35,39)(H,36,42)/t23?,24-,25?,27+/m0/s1. The molecule has 1 heterocycles. The van der Waals surface area contributed by atoms with E-state index < -0.39 is 53.7 Å². The summed E-state index contributed by atoms with van der Waals surface area (Å²) >= 11 is 0. The number of hydrogen-bond donors (Lipinski definition) is 5. The SMILES string of the molecule is CC(C)(C)OC(=O)N[C@@H](Cc1ccccc1)C(=O)NC1CNC(=O)CCCCOC(=O)[C@H](O)C(CC2CCCCC2)NC1=O. The van der Waals surface area contributed by atoms with E-state index in [9.17, 15) is 29.1 Å². The van der Waals surface area contributed by atoms with Crippen molar-refractivity contribution in [1.82, 2.24) is 21.3 Å². The molecular weight excluding hydrogens is 568 g/mol. The third kappa shape index (κ3) is 12.1. The molecule has 244 valence electrons. The number of carbonyl (C=O) groups excluding carboxylic acids is 5. The van der Waals surface area contributed by atoms with Crippen LogP contribution in [0, 0.1) is 5.92 Å². The van der Waals surface area contributed by atoms with Gasteiger partial charge in [0.15, 0.2) is 6.10 Å². The molecule has 1 saturated carbocycles. The van der Waals surface area contributed by atoms with Gasteiger partial charge in [0.2, 0.25) is 17.7 Å². The maximum Gasteiger partial charge on any atom is 0.408 e. The molecular formula is C32H48N4O8. The Labute approximate surface area is 259 Å². The van der Waals surface area contributed by atoms with Gasteiger partial charge in [0.25, 0.3) is 0 Å². The molecule has 12 heteroatoms. The third-order valence-corrected chi connectivity index (χ3v) is 7.73. The first kappa shape index (κ1) is 34.8. The lowest BCUT2D eigenvalue weighted by molar-refractivity contribution is -0.156. The summed E-state index contributed by atoms with van der Waals surface area (Å²) in [4.78, 5) is 65.2. The smallest absolute Gasteiger partial charge is 0.408 e. The second-order valence-corrected chi connectivity index (χ2v) is 12.7. The Morgan fingerprint density at radius 2 is 1.75 bits per heavy atom. The number of rotatable bonds is 7. The van der Waals surface area contributed by atoms with Gasteiger partial charge in [-0.05, 0) is 51.5 Å². The van der Waals surface area contributed by atoms with Gasteiger partial charge in [-0.25, -0.2) is 9.59 Å². The maximum absolute atomic E-state index is 13.7. The van der Waals surface area contributed by atoms with Gasteiger partial charge in [0.1, 0.15) is 17.7 Å². The Balaban J connectivity index is 1.83. The van der Waals surface area contributed by atoms with E-state index in [1.807, 2.05) is 18.2 Å². The van der Waals surface area contributed by atoms with Gasteiger partial charge in [0.05, 0.1) is 12.6 Å². The third-order valence-electron chi connectivity index (χ3n) is 7.73. The molecule has 1 aromatic carbocycles. The van der Waals surface area contributed by atoms with Gasteiger partial charge in [-0.2, -0.15) is 0 Å². The molecule has 2 unspecified atom stereocenters. The molecule has 3 rings (SSSR count). The number of carbonyl (C=O) groups is 5. The molecule has 12 nitrogen and oxygen atoms in total. The van der Waals surface area contributed by atoms with Crippen LogP contribution in [0.5, 0.6) is 0 Å². The molecule has 0 spiro atoms. The number of hydrogen-bond acceptors (Lipinski definition) is 8. The number of aliphatic hydroxyl groups is 1. The first-order valence-electron chi connectivity index (χ1n) is 15.7. The van der Waals surface area contributed by atoms with Crippen LogP contribution in [0.25, 0.3) is 0 Å². The minimum atomic E-state index is -1.59. The summed E-state index contributed by atoms with van der Waals surface area (Å²) in [6.07, 6.45) is 4.11. The second kappa shape index (κ2) is 17.0. The Bertz CT molecular complexity index is 1120. The number of cyclic esters (lactones) is 1. The summed E-state index contributed by atoms with van der Waals surface area (Å²) in [6, 6.07) is 5.74. The van der Waals surface area contributed by atoms with Gasteiger partial charge in [-0.1, -0.05) is 62.4 Å². The molecule has 2 aliphatic rings. The molecule has 44 heavy (non-hydrogen) atoms. The van der Waals surface area contributed by atoms with Gasteiger partial charge in [0, 0.05) is 19.4 Å². The van der Waals surface area contributed by atoms with Gasteiger partial charge in [-0.15, -0.1) is 0 Å². The average Bonchev–Trinajstić information content (AvgIpc) is 2.97. The predicted molar refractivity (Wildman–Crippen MR) is 162 cm³/mol. The summed E-state index contributed by atoms with van der Waals surface area (Å²) in [5.74, 6) is -2.31. The Morgan fingerprint density at radius 1 is 1.05 bits per heavy atom. The van der Waals surface area contributed by atoms with E-state index in [0.717, 1.165) is 37.7 Å². The summed E-state index contributed by atoms with van der Waals surface area (Å²) in [5.41, 5.74) is -0.0377. The highest BCUT2D eigenvalue weighted by Gasteiger charge is 2.35. The van der Waals surface area contributed by atoms with Gasteiger partial charge >= 0.3 is 12.1 Å². The summed E-state index contributed by atoms with van der Waals surface area (Å²) in [7, 11) is 0. The highest BCUT2D eigenvalue weighted by molar-refractivity contribution is 5.92. The molecule has 4 amide bonds. The summed E-state index contributed by atoms with van der Waals surface area (Å²) in [5, 5.41) is 21.7. The number of nitrogens with one attached hydrogen (secondary N) is 4. The van der Waals surface area contributed by atoms with Gasteiger partial charge < -0.3 is 35.8 Å². The van der Waals surface area contributed by atoms with Crippen LogP contribution in [0.2, 0.25) is 0 Å². The molecule has 1 aromatic rings. The van der Waals surface area contributed by atoms with E-state index in [-0.39, 0.29) is 37.8 Å². The highest BCUT2D eigenvalue weighted by Crippen LogP contribution is 2.28. The Kier molecular flexibility index (Phi) is 13.4. The lowest BCUT2D eigenvalue weighted by atomic mass is 9.83. The van der Waals surface area contributed by atoms with Crippen LogP contribution in [0.15, 0.2) is 30.3 Å². The van der Waals surface area contributed by atoms with Crippen LogP contribution < -0.4 is 21.3 Å². The zero-order valence-corrected chi connectivity index (χ0v) is 26.1. The number of esters is 1. The molecule has 2 fully saturated rings. The Hall–Kier alpha value is -3.67. The molecule has 0 bridgehead atoms. The fourth-order valence-electron chi connectivity index (χ4n) is 5.44. The molecule has 4 atom stereocenters. The topological polar surface area (TPSA) is 172 Å². The fourth-order valence-corrected chi connectivity index (χ4v) is 5.44. The van der Waals surface area contributed by atoms with Crippen molar-refractivity contribution in [2.45, 2.75) is 115 Å². The largest absolute Gasteiger partial charge is 0.464 e. The van der Waals surface area contributed by atoms with Crippen molar-refractivity contribution in [1.29, 1.82) is 0 Å². The number of aliphatic hydroxyl groups excluding tert-OH is 1. The van der Waals surface area contributed by atoms with Crippen molar-refractivity contribution in [2.75, 3.05) is 13.2 Å². The van der Waals surface area contributed by atoms with Gasteiger partial charge in [-0.3, -0.25) is 14.4 Å². The number of amides is 4. The molecule has 1 aliphatic carbocycles. The van der Waals surface area contributed by atoms with Crippen molar-refractivity contribution in [3.05, 3.63) is 35.9 Å². The number of ether oxygens (including phenoxy) is 2. The van der Waals surface area contributed by atoms with Crippen molar-refractivity contribution in [3.63, 3.8) is 0 Å². The van der Waals surface area contributed by atoms with E-state index in [1.165, 1.54) is 0 Å². The minimum absolute atomic E-state index is 0.0550. The monoisotopic (exact) mass is 616 g/mol. The first-order valence-corrected chi connectivity index (χ1v) is 15.7. The van der Waals surface area contributed by atoms with Crippen molar-refractivity contribution in [2.24, 2.45) is 5.92 Å². The van der Waals surface area contributed by atoms with Crippen LogP contribution in [-0.2, 0) is 35.1 Å². The highest BCUT2D eigenvalue weighted by atomic mass is 16.6. The number of benzene rings is 1. The Morgan fingerprint density at radius 3 is 2.43 bits per heavy atom. The van der Waals surface area contributed by atoms with Crippen molar-refractivity contribution in [3.8, 4) is 0 Å². The zero-order valence-electron chi connectivity index (χ0n) is 26.1. The zero-order chi connectivity index (χ0) is 32.1. The molecule has 5 N–H and O–H groups in total. The predicted octanol–water partition coefficient (Wildman–Crippen LogP) is 2.27. The summed E-state index contributed by atoms with van der Waals surface area (Å²) < 4.78 is 10.6. The fraction of sp³-hybridized carbons (Fsp3) is 0.656. The van der Waals surface area contributed by atoms with Crippen LogP contribution >= 0.6 is 0 Å². The van der Waals surface area contributed by atoms with E-state index in [2.05, 4.69) is 21.3 Å². The van der Waals surface area contributed by atoms with Crippen molar-refractivity contribution < 1.29 is 38.6 Å². The maximum atomic E-state index is 13.7. The average molecular weight is 617 g/mol. The number of alkyl carbamates (subject to hydrolysis) is 1. The van der Waals surface area contributed by atoms with E-state index in [4.69, 9.17) is 9.47 Å². The lowest BCUT2D eigenvalue weighted by Gasteiger charge is -2.31. The molecule has 1 saturated heterocycles. The second-order valence-electron chi connectivity index (χ2n) is 12.7. The molecule has 1 aliphatic heterocycles. The first-order chi connectivity index (χ1) is 20.9. The van der Waals surface area contributed by atoms with E-state index in [0.29, 0.717) is 19.3 Å². The molecule has 0 aromatic heterocycles. The van der Waals surface area contributed by atoms with Crippen LogP contribution in [0.1, 0.15) is 84.1 Å². The quantitative estimate of drug-likeness (QED) is 0.290. The lowest BCUT2D eigenvalue weighted by Crippen LogP contribution is -2.60. The van der Waals surface area contributed by atoms with Crippen LogP contribution in [-0.4, -0.2) is 77.9 Å². The summed E-state index contributed by atoms with van der Waals surface area (Å²) in [6.45, 7) is 4.94. The normalized spacial score (nSPS) is 23.6. The molecule has 0 radical (unpaired) electrons. The van der Waals surface area contributed by atoms with Crippen LogP contribution in [0.4, 0.5) is 4.79 Å². The van der Waals surface area contributed by atoms with E-state index >= 15 is 0 Å². The van der Waals surface area contributed by atoms with Crippen LogP contribution in [0.3, 0.4) is 0 Å². The van der Waals surface area contributed by atoms with Crippen molar-refractivity contribution >= 4 is 29.8 Å². The minimum Gasteiger partial charge on any atom is -0.464 e.